The fraction of sp³-hybridized carbons (Fsp3) is 0.500. The Labute approximate surface area is 148 Å². The minimum absolute atomic E-state index is 0.0705. The van der Waals surface area contributed by atoms with Crippen LogP contribution in [-0.2, 0) is 0 Å². The lowest BCUT2D eigenvalue weighted by atomic mass is 9.87. The van der Waals surface area contributed by atoms with Gasteiger partial charge in [0.05, 0.1) is 11.4 Å². The van der Waals surface area contributed by atoms with Crippen molar-refractivity contribution in [2.24, 2.45) is 0 Å². The summed E-state index contributed by atoms with van der Waals surface area (Å²) in [5, 5.41) is 7.27. The Balaban J connectivity index is 1.46. The van der Waals surface area contributed by atoms with Crippen LogP contribution in [0.5, 0.6) is 0 Å². The predicted molar refractivity (Wildman–Crippen MR) is 98.3 cm³/mol. The maximum absolute atomic E-state index is 4.51. The maximum atomic E-state index is 4.51. The maximum Gasteiger partial charge on any atom is 0.137 e. The van der Waals surface area contributed by atoms with Gasteiger partial charge in [-0.25, -0.2) is 9.97 Å². The van der Waals surface area contributed by atoms with Gasteiger partial charge in [-0.05, 0) is 63.0 Å². The number of aromatic nitrogens is 2. The number of allylic oxidation sites excluding steroid dienone is 2. The number of fused-ring (bicyclic) bond motifs is 2. The molecule has 2 N–H and O–H groups in total. The topological polar surface area (TPSA) is 53.1 Å². The van der Waals surface area contributed by atoms with Crippen molar-refractivity contribution in [1.82, 2.24) is 20.2 Å². The number of hydrogen-bond acceptors (Lipinski definition) is 5. The first-order valence-corrected chi connectivity index (χ1v) is 9.50. The molecule has 0 saturated heterocycles. The minimum Gasteiger partial charge on any atom is -0.367 e. The van der Waals surface area contributed by atoms with Crippen LogP contribution < -0.4 is 10.6 Å². The van der Waals surface area contributed by atoms with Gasteiger partial charge in [-0.15, -0.1) is 0 Å². The quantitative estimate of drug-likeness (QED) is 0.875. The van der Waals surface area contributed by atoms with E-state index in [0.29, 0.717) is 5.92 Å². The van der Waals surface area contributed by atoms with E-state index < -0.39 is 0 Å². The van der Waals surface area contributed by atoms with Crippen LogP contribution in [0.25, 0.3) is 0 Å². The molecule has 2 aliphatic heterocycles. The van der Waals surface area contributed by atoms with Crippen molar-refractivity contribution >= 4 is 5.82 Å². The SMILES string of the molecule is CC1=CC(Nc2ncncc2C2CC2)=CN2C1=CNC21CCCCC1. The molecule has 2 aliphatic carbocycles. The number of rotatable bonds is 3. The predicted octanol–water partition coefficient (Wildman–Crippen LogP) is 3.97. The van der Waals surface area contributed by atoms with E-state index in [1.807, 2.05) is 6.20 Å². The summed E-state index contributed by atoms with van der Waals surface area (Å²) < 4.78 is 0. The normalized spacial score (nSPS) is 24.2. The van der Waals surface area contributed by atoms with E-state index in [2.05, 4.69) is 50.9 Å². The fourth-order valence-corrected chi connectivity index (χ4v) is 4.42. The van der Waals surface area contributed by atoms with Gasteiger partial charge in [0, 0.05) is 24.2 Å². The average molecular weight is 335 g/mol. The Morgan fingerprint density at radius 1 is 1.24 bits per heavy atom. The van der Waals surface area contributed by atoms with Crippen molar-refractivity contribution in [1.29, 1.82) is 0 Å². The molecule has 5 nitrogen and oxygen atoms in total. The molecule has 0 unspecified atom stereocenters. The molecule has 0 atom stereocenters. The molecule has 0 amide bonds. The number of nitrogens with zero attached hydrogens (tertiary/aromatic N) is 3. The van der Waals surface area contributed by atoms with E-state index in [1.54, 1.807) is 6.33 Å². The van der Waals surface area contributed by atoms with Crippen molar-refractivity contribution in [3.8, 4) is 0 Å². The van der Waals surface area contributed by atoms with Gasteiger partial charge in [0.1, 0.15) is 17.8 Å². The first-order chi connectivity index (χ1) is 12.3. The highest BCUT2D eigenvalue weighted by molar-refractivity contribution is 5.56. The summed E-state index contributed by atoms with van der Waals surface area (Å²) in [7, 11) is 0. The minimum atomic E-state index is 0.0705. The van der Waals surface area contributed by atoms with Crippen molar-refractivity contribution in [3.63, 3.8) is 0 Å². The summed E-state index contributed by atoms with van der Waals surface area (Å²) in [6.45, 7) is 2.19. The van der Waals surface area contributed by atoms with Crippen LogP contribution in [0.3, 0.4) is 0 Å². The Hall–Kier alpha value is -2.30. The van der Waals surface area contributed by atoms with Crippen LogP contribution in [0.2, 0.25) is 0 Å². The number of nitrogens with one attached hydrogen (secondary N) is 2. The zero-order valence-corrected chi connectivity index (χ0v) is 14.8. The van der Waals surface area contributed by atoms with E-state index in [-0.39, 0.29) is 5.66 Å². The Morgan fingerprint density at radius 3 is 2.88 bits per heavy atom. The molecule has 1 aromatic rings. The molecule has 0 aromatic carbocycles. The van der Waals surface area contributed by atoms with Gasteiger partial charge in [-0.2, -0.15) is 0 Å². The highest BCUT2D eigenvalue weighted by atomic mass is 15.4. The summed E-state index contributed by atoms with van der Waals surface area (Å²) in [6, 6.07) is 0. The third-order valence-electron chi connectivity index (χ3n) is 5.94. The largest absolute Gasteiger partial charge is 0.367 e. The number of anilines is 1. The monoisotopic (exact) mass is 335 g/mol. The Bertz CT molecular complexity index is 781. The molecule has 3 heterocycles. The third kappa shape index (κ3) is 2.53. The summed E-state index contributed by atoms with van der Waals surface area (Å²) in [5.41, 5.74) is 5.03. The van der Waals surface area contributed by atoms with Crippen LogP contribution in [0, 0.1) is 0 Å². The standard InChI is InChI=1S/C20H25N5/c1-14-9-16(24-19-17(15-5-6-15)10-21-13-22-19)12-25-18(14)11-23-20(25)7-3-2-4-8-20/h9-13,15,23H,2-8H2,1H3,(H,21,22,24). The zero-order chi connectivity index (χ0) is 16.9. The van der Waals surface area contributed by atoms with E-state index in [9.17, 15) is 0 Å². The molecule has 1 spiro atoms. The molecule has 130 valence electrons. The molecule has 5 heteroatoms. The first-order valence-electron chi connectivity index (χ1n) is 9.50. The summed E-state index contributed by atoms with van der Waals surface area (Å²) in [5.74, 6) is 1.59. The molecular weight excluding hydrogens is 310 g/mol. The molecule has 4 aliphatic rings. The van der Waals surface area contributed by atoms with E-state index in [0.717, 1.165) is 11.5 Å². The van der Waals surface area contributed by atoms with Gasteiger partial charge in [0.2, 0.25) is 0 Å². The van der Waals surface area contributed by atoms with Gasteiger partial charge < -0.3 is 15.5 Å². The molecule has 1 aromatic heterocycles. The highest BCUT2D eigenvalue weighted by Crippen LogP contribution is 2.44. The first kappa shape index (κ1) is 15.0. The van der Waals surface area contributed by atoms with Crippen LogP contribution in [0.1, 0.15) is 63.4 Å². The van der Waals surface area contributed by atoms with Gasteiger partial charge in [0.15, 0.2) is 0 Å². The lowest BCUT2D eigenvalue weighted by molar-refractivity contribution is 0.125. The molecule has 2 saturated carbocycles. The van der Waals surface area contributed by atoms with Crippen molar-refractivity contribution in [2.45, 2.75) is 63.5 Å². The molecule has 25 heavy (non-hydrogen) atoms. The van der Waals surface area contributed by atoms with Crippen molar-refractivity contribution in [3.05, 3.63) is 53.5 Å². The molecular formula is C20H25N5. The lowest BCUT2D eigenvalue weighted by Crippen LogP contribution is -2.51. The van der Waals surface area contributed by atoms with Crippen LogP contribution >= 0.6 is 0 Å². The molecule has 5 rings (SSSR count). The Morgan fingerprint density at radius 2 is 2.08 bits per heavy atom. The van der Waals surface area contributed by atoms with Gasteiger partial charge in [0.25, 0.3) is 0 Å². The van der Waals surface area contributed by atoms with Gasteiger partial charge in [-0.3, -0.25) is 0 Å². The Kier molecular flexibility index (Phi) is 3.37. The van der Waals surface area contributed by atoms with E-state index in [4.69, 9.17) is 0 Å². The highest BCUT2D eigenvalue weighted by Gasteiger charge is 2.42. The summed E-state index contributed by atoms with van der Waals surface area (Å²) in [6.07, 6.45) is 19.1. The van der Waals surface area contributed by atoms with Gasteiger partial charge in [-0.1, -0.05) is 6.42 Å². The van der Waals surface area contributed by atoms with Crippen LogP contribution in [-0.4, -0.2) is 20.5 Å². The van der Waals surface area contributed by atoms with E-state index in [1.165, 1.54) is 61.8 Å². The van der Waals surface area contributed by atoms with Crippen molar-refractivity contribution in [2.75, 3.05) is 5.32 Å². The smallest absolute Gasteiger partial charge is 0.137 e. The second kappa shape index (κ2) is 5.61. The number of hydrogen-bond donors (Lipinski definition) is 2. The van der Waals surface area contributed by atoms with E-state index >= 15 is 0 Å². The average Bonchev–Trinajstić information content (AvgIpc) is 3.42. The van der Waals surface area contributed by atoms with Crippen LogP contribution in [0.4, 0.5) is 5.82 Å². The fourth-order valence-electron chi connectivity index (χ4n) is 4.42. The molecule has 0 radical (unpaired) electrons. The van der Waals surface area contributed by atoms with Crippen LogP contribution in [0.15, 0.2) is 48.0 Å². The summed E-state index contributed by atoms with van der Waals surface area (Å²) >= 11 is 0. The second-order valence-electron chi connectivity index (χ2n) is 7.77. The zero-order valence-electron chi connectivity index (χ0n) is 14.8. The second-order valence-corrected chi connectivity index (χ2v) is 7.77. The molecule has 0 bridgehead atoms. The third-order valence-corrected chi connectivity index (χ3v) is 5.94. The van der Waals surface area contributed by atoms with Gasteiger partial charge >= 0.3 is 0 Å². The molecule has 2 fully saturated rings. The lowest BCUT2D eigenvalue weighted by Gasteiger charge is -2.43. The summed E-state index contributed by atoms with van der Waals surface area (Å²) in [4.78, 5) is 11.2. The van der Waals surface area contributed by atoms with Crippen molar-refractivity contribution < 1.29 is 0 Å².